The third-order valence-electron chi connectivity index (χ3n) is 2.54. The molecule has 1 N–H and O–H groups in total. The zero-order valence-electron chi connectivity index (χ0n) is 8.48. The Balaban J connectivity index is 1.76. The van der Waals surface area contributed by atoms with Gasteiger partial charge in [0.05, 0.1) is 12.0 Å². The Hall–Kier alpha value is -1.35. The van der Waals surface area contributed by atoms with Gasteiger partial charge >= 0.3 is 5.97 Å². The summed E-state index contributed by atoms with van der Waals surface area (Å²) < 4.78 is 5.05. The van der Waals surface area contributed by atoms with Gasteiger partial charge < -0.3 is 9.84 Å². The molecule has 0 aromatic heterocycles. The topological polar surface area (TPSA) is 46.5 Å². The van der Waals surface area contributed by atoms with Crippen LogP contribution in [0.15, 0.2) is 30.3 Å². The maximum absolute atomic E-state index is 11.3. The van der Waals surface area contributed by atoms with Crippen LogP contribution in [-0.2, 0) is 16.1 Å². The average molecular weight is 206 g/mol. The molecule has 0 heterocycles. The second-order valence-corrected chi connectivity index (χ2v) is 4.05. The SMILES string of the molecule is O=C(CC1(O)CC1)OCc1ccccc1. The predicted octanol–water partition coefficient (Wildman–Crippen LogP) is 1.64. The normalized spacial score (nSPS) is 17.1. The first-order valence-corrected chi connectivity index (χ1v) is 5.10. The van der Waals surface area contributed by atoms with E-state index in [1.807, 2.05) is 30.3 Å². The first-order chi connectivity index (χ1) is 7.18. The van der Waals surface area contributed by atoms with Crippen LogP contribution in [0.25, 0.3) is 0 Å². The molecule has 0 amide bonds. The fourth-order valence-corrected chi connectivity index (χ4v) is 1.38. The van der Waals surface area contributed by atoms with Gasteiger partial charge in [-0.25, -0.2) is 0 Å². The molecule has 3 heteroatoms. The highest BCUT2D eigenvalue weighted by molar-refractivity contribution is 5.71. The van der Waals surface area contributed by atoms with E-state index in [4.69, 9.17) is 4.74 Å². The Morgan fingerprint density at radius 2 is 2.00 bits per heavy atom. The molecular formula is C12H14O3. The molecular weight excluding hydrogens is 192 g/mol. The third-order valence-corrected chi connectivity index (χ3v) is 2.54. The number of carbonyl (C=O) groups excluding carboxylic acids is 1. The van der Waals surface area contributed by atoms with Crippen LogP contribution in [0, 0.1) is 0 Å². The largest absolute Gasteiger partial charge is 0.461 e. The second-order valence-electron chi connectivity index (χ2n) is 4.05. The van der Waals surface area contributed by atoms with E-state index in [1.54, 1.807) is 0 Å². The zero-order chi connectivity index (χ0) is 10.7. The lowest BCUT2D eigenvalue weighted by atomic mass is 10.2. The van der Waals surface area contributed by atoms with Crippen molar-refractivity contribution in [1.29, 1.82) is 0 Å². The van der Waals surface area contributed by atoms with Crippen molar-refractivity contribution in [3.05, 3.63) is 35.9 Å². The van der Waals surface area contributed by atoms with E-state index in [-0.39, 0.29) is 19.0 Å². The fraction of sp³-hybridized carbons (Fsp3) is 0.417. The van der Waals surface area contributed by atoms with Gasteiger partial charge in [0.25, 0.3) is 0 Å². The summed E-state index contributed by atoms with van der Waals surface area (Å²) in [4.78, 5) is 11.3. The van der Waals surface area contributed by atoms with E-state index in [0.717, 1.165) is 5.56 Å². The van der Waals surface area contributed by atoms with Gasteiger partial charge in [0, 0.05) is 0 Å². The van der Waals surface area contributed by atoms with Crippen molar-refractivity contribution in [3.8, 4) is 0 Å². The number of hydrogen-bond donors (Lipinski definition) is 1. The second kappa shape index (κ2) is 4.03. The number of benzene rings is 1. The summed E-state index contributed by atoms with van der Waals surface area (Å²) in [6, 6.07) is 9.52. The predicted molar refractivity (Wildman–Crippen MR) is 55.0 cm³/mol. The maximum atomic E-state index is 11.3. The molecule has 1 aliphatic rings. The van der Waals surface area contributed by atoms with E-state index >= 15 is 0 Å². The van der Waals surface area contributed by atoms with E-state index in [1.165, 1.54) is 0 Å². The highest BCUT2D eigenvalue weighted by atomic mass is 16.5. The molecule has 0 saturated heterocycles. The van der Waals surface area contributed by atoms with Crippen LogP contribution < -0.4 is 0 Å². The monoisotopic (exact) mass is 206 g/mol. The van der Waals surface area contributed by atoms with Crippen LogP contribution in [0.4, 0.5) is 0 Å². The number of aliphatic hydroxyl groups is 1. The Labute approximate surface area is 88.7 Å². The van der Waals surface area contributed by atoms with Crippen molar-refractivity contribution >= 4 is 5.97 Å². The van der Waals surface area contributed by atoms with Gasteiger partial charge in [-0.2, -0.15) is 0 Å². The lowest BCUT2D eigenvalue weighted by Gasteiger charge is -2.07. The van der Waals surface area contributed by atoms with Crippen LogP contribution in [-0.4, -0.2) is 16.7 Å². The number of ether oxygens (including phenoxy) is 1. The Morgan fingerprint density at radius 1 is 1.33 bits per heavy atom. The quantitative estimate of drug-likeness (QED) is 0.762. The molecule has 2 rings (SSSR count). The minimum absolute atomic E-state index is 0.125. The molecule has 0 bridgehead atoms. The first kappa shape index (κ1) is 10.2. The van der Waals surface area contributed by atoms with Gasteiger partial charge in [-0.15, -0.1) is 0 Å². The minimum Gasteiger partial charge on any atom is -0.461 e. The number of carbonyl (C=O) groups is 1. The molecule has 1 aromatic rings. The summed E-state index contributed by atoms with van der Waals surface area (Å²) in [5.74, 6) is -0.321. The van der Waals surface area contributed by atoms with Crippen LogP contribution >= 0.6 is 0 Å². The molecule has 0 unspecified atom stereocenters. The van der Waals surface area contributed by atoms with E-state index in [0.29, 0.717) is 12.8 Å². The summed E-state index contributed by atoms with van der Waals surface area (Å²) in [6.07, 6.45) is 1.56. The highest BCUT2D eigenvalue weighted by Crippen LogP contribution is 2.38. The number of rotatable bonds is 4. The molecule has 1 aromatic carbocycles. The van der Waals surface area contributed by atoms with Crippen molar-refractivity contribution in [1.82, 2.24) is 0 Å². The summed E-state index contributed by atoms with van der Waals surface area (Å²) in [5, 5.41) is 9.50. The lowest BCUT2D eigenvalue weighted by molar-refractivity contribution is -0.147. The van der Waals surface area contributed by atoms with Gasteiger partial charge in [0.1, 0.15) is 6.61 Å². The summed E-state index contributed by atoms with van der Waals surface area (Å²) in [7, 11) is 0. The molecule has 80 valence electrons. The summed E-state index contributed by atoms with van der Waals surface area (Å²) >= 11 is 0. The van der Waals surface area contributed by atoms with Gasteiger partial charge in [-0.05, 0) is 18.4 Å². The van der Waals surface area contributed by atoms with Crippen molar-refractivity contribution in [3.63, 3.8) is 0 Å². The van der Waals surface area contributed by atoms with E-state index in [9.17, 15) is 9.90 Å². The molecule has 15 heavy (non-hydrogen) atoms. The van der Waals surface area contributed by atoms with Crippen molar-refractivity contribution in [2.45, 2.75) is 31.5 Å². The van der Waals surface area contributed by atoms with Gasteiger partial charge in [0.15, 0.2) is 0 Å². The Kier molecular flexibility index (Phi) is 2.73. The highest BCUT2D eigenvalue weighted by Gasteiger charge is 2.42. The molecule has 1 saturated carbocycles. The zero-order valence-corrected chi connectivity index (χ0v) is 8.48. The van der Waals surface area contributed by atoms with Crippen LogP contribution in [0.2, 0.25) is 0 Å². The molecule has 3 nitrogen and oxygen atoms in total. The van der Waals surface area contributed by atoms with Crippen molar-refractivity contribution in [2.24, 2.45) is 0 Å². The molecule has 1 fully saturated rings. The first-order valence-electron chi connectivity index (χ1n) is 5.10. The Morgan fingerprint density at radius 3 is 2.60 bits per heavy atom. The maximum Gasteiger partial charge on any atom is 0.309 e. The summed E-state index contributed by atoms with van der Waals surface area (Å²) in [5.41, 5.74) is 0.210. The Bertz CT molecular complexity index is 341. The molecule has 1 aliphatic carbocycles. The number of esters is 1. The smallest absolute Gasteiger partial charge is 0.309 e. The van der Waals surface area contributed by atoms with Crippen LogP contribution in [0.1, 0.15) is 24.8 Å². The average Bonchev–Trinajstić information content (AvgIpc) is 2.95. The third kappa shape index (κ3) is 3.06. The van der Waals surface area contributed by atoms with Crippen LogP contribution in [0.3, 0.4) is 0 Å². The molecule has 0 spiro atoms. The molecule has 0 aliphatic heterocycles. The van der Waals surface area contributed by atoms with Crippen molar-refractivity contribution in [2.75, 3.05) is 0 Å². The standard InChI is InChI=1S/C12H14O3/c13-11(8-12(14)6-7-12)15-9-10-4-2-1-3-5-10/h1-5,14H,6-9H2. The van der Waals surface area contributed by atoms with Gasteiger partial charge in [-0.3, -0.25) is 4.79 Å². The molecule has 0 atom stereocenters. The van der Waals surface area contributed by atoms with E-state index in [2.05, 4.69) is 0 Å². The van der Waals surface area contributed by atoms with Gasteiger partial charge in [0.2, 0.25) is 0 Å². The number of hydrogen-bond acceptors (Lipinski definition) is 3. The molecule has 0 radical (unpaired) electrons. The fourth-order valence-electron chi connectivity index (χ4n) is 1.38. The van der Waals surface area contributed by atoms with E-state index < -0.39 is 5.60 Å². The van der Waals surface area contributed by atoms with Gasteiger partial charge in [-0.1, -0.05) is 30.3 Å². The van der Waals surface area contributed by atoms with Crippen molar-refractivity contribution < 1.29 is 14.6 Å². The lowest BCUT2D eigenvalue weighted by Crippen LogP contribution is -2.16. The minimum atomic E-state index is -0.756. The summed E-state index contributed by atoms with van der Waals surface area (Å²) in [6.45, 7) is 0.287. The van der Waals surface area contributed by atoms with Crippen LogP contribution in [0.5, 0.6) is 0 Å².